The lowest BCUT2D eigenvalue weighted by atomic mass is 10.1. The van der Waals surface area contributed by atoms with Crippen LogP contribution in [0.2, 0.25) is 0 Å². The third-order valence-electron chi connectivity index (χ3n) is 1.81. The molecule has 0 radical (unpaired) electrons. The van der Waals surface area contributed by atoms with Crippen molar-refractivity contribution in [2.24, 2.45) is 5.92 Å². The maximum atomic E-state index is 11.2. The zero-order chi connectivity index (χ0) is 11.7. The van der Waals surface area contributed by atoms with Gasteiger partial charge in [0, 0.05) is 0 Å². The van der Waals surface area contributed by atoms with Crippen molar-refractivity contribution in [3.8, 4) is 0 Å². The van der Waals surface area contributed by atoms with Crippen LogP contribution in [-0.2, 0) is 19.1 Å². The number of hydrogen-bond acceptors (Lipinski definition) is 4. The second-order valence-corrected chi connectivity index (χ2v) is 2.86. The number of hydrogen-bond donors (Lipinski definition) is 0. The van der Waals surface area contributed by atoms with E-state index >= 15 is 0 Å². The van der Waals surface area contributed by atoms with E-state index in [-0.39, 0.29) is 24.3 Å². The third-order valence-corrected chi connectivity index (χ3v) is 1.81. The summed E-state index contributed by atoms with van der Waals surface area (Å²) < 4.78 is 9.05. The molecule has 0 aliphatic rings. The van der Waals surface area contributed by atoms with E-state index in [9.17, 15) is 9.59 Å². The molecular weight excluding hydrogens is 196 g/mol. The molecule has 0 amide bonds. The number of allylic oxidation sites excluding steroid dienone is 1. The summed E-state index contributed by atoms with van der Waals surface area (Å²) in [5.41, 5.74) is 0. The highest BCUT2D eigenvalue weighted by molar-refractivity contribution is 5.75. The number of methoxy groups -OCH3 is 2. The van der Waals surface area contributed by atoms with Crippen LogP contribution in [0.25, 0.3) is 0 Å². The van der Waals surface area contributed by atoms with Crippen molar-refractivity contribution in [1.82, 2.24) is 0 Å². The topological polar surface area (TPSA) is 52.6 Å². The Morgan fingerprint density at radius 3 is 2.47 bits per heavy atom. The van der Waals surface area contributed by atoms with E-state index in [1.54, 1.807) is 18.2 Å². The summed E-state index contributed by atoms with van der Waals surface area (Å²) in [5, 5.41) is 0. The molecule has 0 N–H and O–H groups in total. The molecule has 0 heterocycles. The van der Waals surface area contributed by atoms with Crippen molar-refractivity contribution in [3.05, 3.63) is 24.8 Å². The summed E-state index contributed by atoms with van der Waals surface area (Å²) >= 11 is 0. The van der Waals surface area contributed by atoms with Crippen LogP contribution in [0.5, 0.6) is 0 Å². The molecule has 0 bridgehead atoms. The smallest absolute Gasteiger partial charge is 0.312 e. The maximum Gasteiger partial charge on any atom is 0.312 e. The Morgan fingerprint density at radius 1 is 1.33 bits per heavy atom. The molecule has 0 aromatic rings. The lowest BCUT2D eigenvalue weighted by molar-refractivity contribution is -0.144. The zero-order valence-corrected chi connectivity index (χ0v) is 9.06. The van der Waals surface area contributed by atoms with E-state index in [4.69, 9.17) is 0 Å². The van der Waals surface area contributed by atoms with Gasteiger partial charge in [-0.3, -0.25) is 9.59 Å². The molecule has 4 nitrogen and oxygen atoms in total. The Labute approximate surface area is 89.6 Å². The van der Waals surface area contributed by atoms with Gasteiger partial charge < -0.3 is 9.47 Å². The van der Waals surface area contributed by atoms with E-state index in [1.165, 1.54) is 14.2 Å². The Morgan fingerprint density at radius 2 is 2.00 bits per heavy atom. The quantitative estimate of drug-likeness (QED) is 0.494. The highest BCUT2D eigenvalue weighted by Gasteiger charge is 2.13. The van der Waals surface area contributed by atoms with Gasteiger partial charge in [0.1, 0.15) is 0 Å². The molecule has 0 aliphatic heterocycles. The number of rotatable bonds is 6. The molecular formula is C11H16O4. The molecule has 15 heavy (non-hydrogen) atoms. The van der Waals surface area contributed by atoms with Gasteiger partial charge in [-0.15, -0.1) is 6.58 Å². The number of carbonyl (C=O) groups is 2. The summed E-state index contributed by atoms with van der Waals surface area (Å²) in [5.74, 6) is -1.05. The Kier molecular flexibility index (Phi) is 6.97. The van der Waals surface area contributed by atoms with Crippen LogP contribution < -0.4 is 0 Å². The first-order valence-corrected chi connectivity index (χ1v) is 4.57. The molecule has 1 atom stereocenters. The fourth-order valence-corrected chi connectivity index (χ4v) is 0.996. The highest BCUT2D eigenvalue weighted by Crippen LogP contribution is 2.08. The standard InChI is InChI=1S/C11H16O4/c1-4-6-9(11(13)15-3)7-5-8-10(12)14-2/h4-5,7,9H,1,6,8H2,2-3H3/b7-5+. The largest absolute Gasteiger partial charge is 0.469 e. The Bertz CT molecular complexity index is 255. The van der Waals surface area contributed by atoms with E-state index in [2.05, 4.69) is 16.1 Å². The SMILES string of the molecule is C=CCC(/C=C/CC(=O)OC)C(=O)OC. The van der Waals surface area contributed by atoms with Gasteiger partial charge in [0.25, 0.3) is 0 Å². The summed E-state index contributed by atoms with van der Waals surface area (Å²) in [6.07, 6.45) is 5.50. The van der Waals surface area contributed by atoms with Crippen molar-refractivity contribution in [2.45, 2.75) is 12.8 Å². The Balaban J connectivity index is 4.21. The van der Waals surface area contributed by atoms with Crippen LogP contribution in [0.3, 0.4) is 0 Å². The lowest BCUT2D eigenvalue weighted by Crippen LogP contribution is -2.13. The predicted octanol–water partition coefficient (Wildman–Crippen LogP) is 1.47. The van der Waals surface area contributed by atoms with E-state index in [0.29, 0.717) is 6.42 Å². The van der Waals surface area contributed by atoms with Gasteiger partial charge in [0.05, 0.1) is 26.6 Å². The molecule has 0 aliphatic carbocycles. The van der Waals surface area contributed by atoms with Crippen LogP contribution in [-0.4, -0.2) is 26.2 Å². The first-order valence-electron chi connectivity index (χ1n) is 4.57. The molecule has 0 spiro atoms. The molecule has 0 fully saturated rings. The maximum absolute atomic E-state index is 11.2. The van der Waals surface area contributed by atoms with Crippen LogP contribution in [0.4, 0.5) is 0 Å². The van der Waals surface area contributed by atoms with Crippen molar-refractivity contribution >= 4 is 11.9 Å². The molecule has 0 aromatic heterocycles. The van der Waals surface area contributed by atoms with Gasteiger partial charge in [-0.2, -0.15) is 0 Å². The molecule has 4 heteroatoms. The normalized spacial score (nSPS) is 12.1. The fourth-order valence-electron chi connectivity index (χ4n) is 0.996. The average Bonchev–Trinajstić information content (AvgIpc) is 2.26. The van der Waals surface area contributed by atoms with Crippen LogP contribution >= 0.6 is 0 Å². The van der Waals surface area contributed by atoms with Gasteiger partial charge in [-0.25, -0.2) is 0 Å². The lowest BCUT2D eigenvalue weighted by Gasteiger charge is -2.06. The van der Waals surface area contributed by atoms with Gasteiger partial charge >= 0.3 is 11.9 Å². The minimum Gasteiger partial charge on any atom is -0.469 e. The molecule has 0 saturated carbocycles. The van der Waals surface area contributed by atoms with Crippen molar-refractivity contribution < 1.29 is 19.1 Å². The van der Waals surface area contributed by atoms with E-state index in [0.717, 1.165) is 0 Å². The molecule has 84 valence electrons. The van der Waals surface area contributed by atoms with Crippen LogP contribution in [0.15, 0.2) is 24.8 Å². The monoisotopic (exact) mass is 212 g/mol. The predicted molar refractivity (Wildman–Crippen MR) is 56.1 cm³/mol. The minimum absolute atomic E-state index is 0.154. The van der Waals surface area contributed by atoms with Crippen molar-refractivity contribution in [2.75, 3.05) is 14.2 Å². The molecule has 1 unspecified atom stereocenters. The molecule has 0 rings (SSSR count). The molecule has 0 aromatic carbocycles. The number of ether oxygens (including phenoxy) is 2. The van der Waals surface area contributed by atoms with Gasteiger partial charge in [-0.05, 0) is 6.42 Å². The first-order chi connectivity index (χ1) is 7.15. The van der Waals surface area contributed by atoms with Crippen LogP contribution in [0.1, 0.15) is 12.8 Å². The zero-order valence-electron chi connectivity index (χ0n) is 9.06. The third kappa shape index (κ3) is 5.67. The van der Waals surface area contributed by atoms with E-state index < -0.39 is 0 Å². The molecule has 0 saturated heterocycles. The number of esters is 2. The van der Waals surface area contributed by atoms with Crippen LogP contribution in [0, 0.1) is 5.92 Å². The highest BCUT2D eigenvalue weighted by atomic mass is 16.5. The van der Waals surface area contributed by atoms with Crippen molar-refractivity contribution in [3.63, 3.8) is 0 Å². The van der Waals surface area contributed by atoms with E-state index in [1.807, 2.05) is 0 Å². The number of carbonyl (C=O) groups excluding carboxylic acids is 2. The van der Waals surface area contributed by atoms with Gasteiger partial charge in [0.15, 0.2) is 0 Å². The first kappa shape index (κ1) is 13.4. The summed E-state index contributed by atoms with van der Waals surface area (Å²) in [6.45, 7) is 3.54. The second-order valence-electron chi connectivity index (χ2n) is 2.86. The fraction of sp³-hybridized carbons (Fsp3) is 0.455. The van der Waals surface area contributed by atoms with Crippen molar-refractivity contribution in [1.29, 1.82) is 0 Å². The summed E-state index contributed by atoms with van der Waals surface area (Å²) in [7, 11) is 2.64. The minimum atomic E-state index is -0.378. The Hall–Kier alpha value is -1.58. The average molecular weight is 212 g/mol. The van der Waals surface area contributed by atoms with Gasteiger partial charge in [0.2, 0.25) is 0 Å². The summed E-state index contributed by atoms with van der Waals surface area (Å²) in [6, 6.07) is 0. The summed E-state index contributed by atoms with van der Waals surface area (Å²) in [4.78, 5) is 22.0. The second kappa shape index (κ2) is 7.79. The van der Waals surface area contributed by atoms with Gasteiger partial charge in [-0.1, -0.05) is 18.2 Å².